The second-order valence-electron chi connectivity index (χ2n) is 4.98. The second kappa shape index (κ2) is 6.99. The largest absolute Gasteiger partial charge is 0.476 e. The molecule has 0 saturated carbocycles. The maximum Gasteiger partial charge on any atom is 0.358 e. The molecule has 0 saturated heterocycles. The Balaban J connectivity index is 2.14. The molecular formula is C15H19N3O3. The summed E-state index contributed by atoms with van der Waals surface area (Å²) in [6.07, 6.45) is 1.82. The van der Waals surface area contributed by atoms with Crippen molar-refractivity contribution in [2.45, 2.75) is 32.7 Å². The third-order valence-electron chi connectivity index (χ3n) is 3.34. The molecule has 2 aromatic rings. The molecule has 0 atom stereocenters. The van der Waals surface area contributed by atoms with Crippen molar-refractivity contribution in [3.05, 3.63) is 46.8 Å². The molecule has 0 fully saturated rings. The Morgan fingerprint density at radius 2 is 1.95 bits per heavy atom. The lowest BCUT2D eigenvalue weighted by Gasteiger charge is -2.07. The van der Waals surface area contributed by atoms with Crippen LogP contribution in [0.5, 0.6) is 0 Å². The van der Waals surface area contributed by atoms with Crippen molar-refractivity contribution in [2.75, 3.05) is 6.61 Å². The van der Waals surface area contributed by atoms with Crippen molar-refractivity contribution in [1.29, 1.82) is 0 Å². The summed E-state index contributed by atoms with van der Waals surface area (Å²) in [5, 5.41) is 25.7. The number of carbonyl (C=O) groups is 1. The lowest BCUT2D eigenvalue weighted by atomic mass is 10.1. The predicted octanol–water partition coefficient (Wildman–Crippen LogP) is 1.45. The smallest absolute Gasteiger partial charge is 0.358 e. The maximum absolute atomic E-state index is 11.2. The Bertz CT molecular complexity index is 605. The van der Waals surface area contributed by atoms with Crippen LogP contribution in [-0.4, -0.2) is 37.8 Å². The van der Waals surface area contributed by atoms with Gasteiger partial charge in [0.1, 0.15) is 0 Å². The highest BCUT2D eigenvalue weighted by atomic mass is 16.4. The number of aromatic nitrogens is 3. The average molecular weight is 289 g/mol. The first-order valence-electron chi connectivity index (χ1n) is 6.94. The minimum atomic E-state index is -1.07. The number of carboxylic acids is 1. The maximum atomic E-state index is 11.2. The van der Waals surface area contributed by atoms with Crippen molar-refractivity contribution < 1.29 is 15.0 Å². The molecule has 112 valence electrons. The van der Waals surface area contributed by atoms with Gasteiger partial charge in [-0.05, 0) is 31.7 Å². The van der Waals surface area contributed by atoms with Gasteiger partial charge < -0.3 is 10.2 Å². The average Bonchev–Trinajstić information content (AvgIpc) is 2.87. The first-order valence-corrected chi connectivity index (χ1v) is 6.94. The van der Waals surface area contributed by atoms with E-state index in [-0.39, 0.29) is 12.3 Å². The molecule has 1 aromatic heterocycles. The standard InChI is InChI=1S/C15H19N3O3/c1-11-3-5-12(6-4-11)7-8-13-14(15(20)21)16-17-18(13)9-2-10-19/h3-6,19H,2,7-10H2,1H3,(H,20,21). The number of rotatable bonds is 7. The molecule has 0 aliphatic carbocycles. The third kappa shape index (κ3) is 3.88. The zero-order valence-electron chi connectivity index (χ0n) is 12.0. The molecule has 0 unspecified atom stereocenters. The third-order valence-corrected chi connectivity index (χ3v) is 3.34. The van der Waals surface area contributed by atoms with E-state index in [0.717, 1.165) is 12.0 Å². The Kier molecular flexibility index (Phi) is 5.05. The summed E-state index contributed by atoms with van der Waals surface area (Å²) in [7, 11) is 0. The van der Waals surface area contributed by atoms with Gasteiger partial charge in [0.25, 0.3) is 0 Å². The van der Waals surface area contributed by atoms with E-state index in [1.165, 1.54) is 5.56 Å². The minimum Gasteiger partial charge on any atom is -0.476 e. The van der Waals surface area contributed by atoms with Gasteiger partial charge in [0, 0.05) is 13.2 Å². The van der Waals surface area contributed by atoms with Crippen molar-refractivity contribution in [3.63, 3.8) is 0 Å². The lowest BCUT2D eigenvalue weighted by Crippen LogP contribution is -2.10. The van der Waals surface area contributed by atoms with Crippen LogP contribution in [0, 0.1) is 6.92 Å². The normalized spacial score (nSPS) is 10.8. The van der Waals surface area contributed by atoms with Crippen LogP contribution in [0.1, 0.15) is 33.7 Å². The molecule has 1 heterocycles. The Morgan fingerprint density at radius 3 is 2.57 bits per heavy atom. The summed E-state index contributed by atoms with van der Waals surface area (Å²) in [6, 6.07) is 8.15. The van der Waals surface area contributed by atoms with Crippen molar-refractivity contribution in [2.24, 2.45) is 0 Å². The molecule has 6 nitrogen and oxygen atoms in total. The van der Waals surface area contributed by atoms with Gasteiger partial charge in [-0.15, -0.1) is 5.10 Å². The van der Waals surface area contributed by atoms with Crippen molar-refractivity contribution in [1.82, 2.24) is 15.0 Å². The zero-order valence-corrected chi connectivity index (χ0v) is 12.0. The summed E-state index contributed by atoms with van der Waals surface area (Å²) in [4.78, 5) is 11.2. The SMILES string of the molecule is Cc1ccc(CCc2c(C(=O)O)nnn2CCCO)cc1. The van der Waals surface area contributed by atoms with Crippen LogP contribution >= 0.6 is 0 Å². The Labute approximate surface area is 123 Å². The molecule has 2 N–H and O–H groups in total. The molecule has 0 bridgehead atoms. The molecule has 0 aliphatic rings. The van der Waals surface area contributed by atoms with Gasteiger partial charge in [-0.25, -0.2) is 9.48 Å². The monoisotopic (exact) mass is 289 g/mol. The number of hydrogen-bond donors (Lipinski definition) is 2. The minimum absolute atomic E-state index is 0.0000477. The number of benzene rings is 1. The van der Waals surface area contributed by atoms with Crippen LogP contribution in [0.25, 0.3) is 0 Å². The van der Waals surface area contributed by atoms with Crippen LogP contribution in [0.3, 0.4) is 0 Å². The molecule has 0 aliphatic heterocycles. The quantitative estimate of drug-likeness (QED) is 0.805. The number of nitrogens with zero attached hydrogens (tertiary/aromatic N) is 3. The summed E-state index contributed by atoms with van der Waals surface area (Å²) in [6.45, 7) is 2.54. The number of hydrogen-bond acceptors (Lipinski definition) is 4. The fourth-order valence-corrected chi connectivity index (χ4v) is 2.16. The van der Waals surface area contributed by atoms with E-state index in [9.17, 15) is 9.90 Å². The summed E-state index contributed by atoms with van der Waals surface area (Å²) in [5.74, 6) is -1.07. The van der Waals surface area contributed by atoms with E-state index in [0.29, 0.717) is 25.1 Å². The highest BCUT2D eigenvalue weighted by molar-refractivity contribution is 5.86. The second-order valence-corrected chi connectivity index (χ2v) is 4.98. The number of aryl methyl sites for hydroxylation is 3. The summed E-state index contributed by atoms with van der Waals surface area (Å²) >= 11 is 0. The van der Waals surface area contributed by atoms with Gasteiger partial charge in [-0.2, -0.15) is 0 Å². The molecule has 21 heavy (non-hydrogen) atoms. The molecule has 1 aromatic carbocycles. The van der Waals surface area contributed by atoms with Gasteiger partial charge in [0.2, 0.25) is 0 Å². The van der Waals surface area contributed by atoms with Gasteiger partial charge in [0.05, 0.1) is 5.69 Å². The van der Waals surface area contributed by atoms with Crippen LogP contribution in [0.2, 0.25) is 0 Å². The fourth-order valence-electron chi connectivity index (χ4n) is 2.16. The molecule has 0 amide bonds. The van der Waals surface area contributed by atoms with E-state index < -0.39 is 5.97 Å². The predicted molar refractivity (Wildman–Crippen MR) is 77.3 cm³/mol. The number of carboxylic acid groups (broad SMARTS) is 1. The zero-order chi connectivity index (χ0) is 15.2. The van der Waals surface area contributed by atoms with E-state index >= 15 is 0 Å². The van der Waals surface area contributed by atoms with E-state index in [2.05, 4.69) is 10.3 Å². The lowest BCUT2D eigenvalue weighted by molar-refractivity contribution is 0.0689. The van der Waals surface area contributed by atoms with Crippen LogP contribution in [0.4, 0.5) is 0 Å². The number of aliphatic hydroxyl groups is 1. The molecule has 0 spiro atoms. The van der Waals surface area contributed by atoms with Gasteiger partial charge >= 0.3 is 5.97 Å². The first-order chi connectivity index (χ1) is 10.1. The van der Waals surface area contributed by atoms with E-state index in [4.69, 9.17) is 5.11 Å². The van der Waals surface area contributed by atoms with Crippen LogP contribution in [0.15, 0.2) is 24.3 Å². The number of aliphatic hydroxyl groups excluding tert-OH is 1. The fraction of sp³-hybridized carbons (Fsp3) is 0.400. The van der Waals surface area contributed by atoms with Crippen molar-refractivity contribution in [3.8, 4) is 0 Å². The highest BCUT2D eigenvalue weighted by Crippen LogP contribution is 2.12. The van der Waals surface area contributed by atoms with Crippen LogP contribution < -0.4 is 0 Å². The molecule has 0 radical (unpaired) electrons. The number of aromatic carboxylic acids is 1. The first kappa shape index (κ1) is 15.2. The highest BCUT2D eigenvalue weighted by Gasteiger charge is 2.18. The van der Waals surface area contributed by atoms with Gasteiger partial charge in [-0.1, -0.05) is 35.0 Å². The Morgan fingerprint density at radius 1 is 1.24 bits per heavy atom. The molecular weight excluding hydrogens is 270 g/mol. The van der Waals surface area contributed by atoms with Gasteiger partial charge in [0.15, 0.2) is 5.69 Å². The van der Waals surface area contributed by atoms with E-state index in [1.807, 2.05) is 31.2 Å². The van der Waals surface area contributed by atoms with Crippen LogP contribution in [-0.2, 0) is 19.4 Å². The van der Waals surface area contributed by atoms with Gasteiger partial charge in [-0.3, -0.25) is 0 Å². The Hall–Kier alpha value is -2.21. The topological polar surface area (TPSA) is 88.2 Å². The summed E-state index contributed by atoms with van der Waals surface area (Å²) < 4.78 is 1.58. The summed E-state index contributed by atoms with van der Waals surface area (Å²) in [5.41, 5.74) is 2.95. The van der Waals surface area contributed by atoms with E-state index in [1.54, 1.807) is 4.68 Å². The molecule has 2 rings (SSSR count). The van der Waals surface area contributed by atoms with Crippen molar-refractivity contribution >= 4 is 5.97 Å². The molecule has 6 heteroatoms.